The van der Waals surface area contributed by atoms with Gasteiger partial charge in [0.1, 0.15) is 18.0 Å². The SMILES string of the molecule is Cc1ccc2nc(COc3ccccc3C(N)=O)cn2c1. The number of aryl methyl sites for hydroxylation is 1. The number of benzene rings is 1. The Labute approximate surface area is 122 Å². The van der Waals surface area contributed by atoms with Gasteiger partial charge in [-0.05, 0) is 30.7 Å². The topological polar surface area (TPSA) is 69.6 Å². The first-order chi connectivity index (χ1) is 10.1. The number of hydrogen-bond donors (Lipinski definition) is 1. The van der Waals surface area contributed by atoms with Gasteiger partial charge in [0.2, 0.25) is 0 Å². The Hall–Kier alpha value is -2.82. The van der Waals surface area contributed by atoms with E-state index >= 15 is 0 Å². The van der Waals surface area contributed by atoms with Crippen LogP contribution in [0, 0.1) is 6.92 Å². The van der Waals surface area contributed by atoms with E-state index in [4.69, 9.17) is 10.5 Å². The molecule has 2 N–H and O–H groups in total. The first-order valence-corrected chi connectivity index (χ1v) is 6.59. The molecule has 0 atom stereocenters. The maximum atomic E-state index is 11.3. The summed E-state index contributed by atoms with van der Waals surface area (Å²) >= 11 is 0. The minimum Gasteiger partial charge on any atom is -0.486 e. The van der Waals surface area contributed by atoms with Crippen LogP contribution in [-0.4, -0.2) is 15.3 Å². The second-order valence-corrected chi connectivity index (χ2v) is 4.85. The molecule has 2 heterocycles. The number of primary amides is 1. The van der Waals surface area contributed by atoms with E-state index < -0.39 is 5.91 Å². The molecule has 0 fully saturated rings. The molecule has 1 aromatic carbocycles. The lowest BCUT2D eigenvalue weighted by Gasteiger charge is -2.07. The molecule has 0 unspecified atom stereocenters. The van der Waals surface area contributed by atoms with E-state index in [-0.39, 0.29) is 6.61 Å². The van der Waals surface area contributed by atoms with Gasteiger partial charge in [0.25, 0.3) is 5.91 Å². The number of amides is 1. The van der Waals surface area contributed by atoms with Crippen molar-refractivity contribution in [3.8, 4) is 5.75 Å². The van der Waals surface area contributed by atoms with Gasteiger partial charge >= 0.3 is 0 Å². The third-order valence-electron chi connectivity index (χ3n) is 3.18. The third kappa shape index (κ3) is 2.72. The van der Waals surface area contributed by atoms with Gasteiger partial charge in [-0.15, -0.1) is 0 Å². The molecule has 5 heteroatoms. The molecule has 106 valence electrons. The fourth-order valence-electron chi connectivity index (χ4n) is 2.17. The molecule has 0 bridgehead atoms. The Morgan fingerprint density at radius 2 is 2.05 bits per heavy atom. The van der Waals surface area contributed by atoms with Gasteiger partial charge in [-0.25, -0.2) is 4.98 Å². The fourth-order valence-corrected chi connectivity index (χ4v) is 2.17. The standard InChI is InChI=1S/C16H15N3O2/c1-11-6-7-15-18-12(9-19(15)8-11)10-21-14-5-3-2-4-13(14)16(17)20/h2-9H,10H2,1H3,(H2,17,20). The number of hydrogen-bond acceptors (Lipinski definition) is 3. The number of nitrogens with zero attached hydrogens (tertiary/aromatic N) is 2. The lowest BCUT2D eigenvalue weighted by Crippen LogP contribution is -2.12. The lowest BCUT2D eigenvalue weighted by molar-refractivity contribution is 0.0996. The molecule has 5 nitrogen and oxygen atoms in total. The van der Waals surface area contributed by atoms with Crippen molar-refractivity contribution >= 4 is 11.6 Å². The quantitative estimate of drug-likeness (QED) is 0.798. The number of imidazole rings is 1. The van der Waals surface area contributed by atoms with Crippen LogP contribution in [-0.2, 0) is 6.61 Å². The smallest absolute Gasteiger partial charge is 0.252 e. The van der Waals surface area contributed by atoms with Crippen LogP contribution in [0.1, 0.15) is 21.6 Å². The zero-order valence-corrected chi connectivity index (χ0v) is 11.6. The summed E-state index contributed by atoms with van der Waals surface area (Å²) in [5.74, 6) is -0.0329. The molecule has 0 saturated carbocycles. The van der Waals surface area contributed by atoms with Crippen LogP contribution in [0.5, 0.6) is 5.75 Å². The van der Waals surface area contributed by atoms with Crippen molar-refractivity contribution in [3.05, 3.63) is 65.6 Å². The molecule has 1 amide bonds. The lowest BCUT2D eigenvalue weighted by atomic mass is 10.2. The molecule has 2 aromatic heterocycles. The summed E-state index contributed by atoms with van der Waals surface area (Å²) in [6.45, 7) is 2.31. The number of carbonyl (C=O) groups is 1. The third-order valence-corrected chi connectivity index (χ3v) is 3.18. The number of ether oxygens (including phenoxy) is 1. The zero-order chi connectivity index (χ0) is 14.8. The van der Waals surface area contributed by atoms with E-state index in [0.717, 1.165) is 16.9 Å². The molecular formula is C16H15N3O2. The van der Waals surface area contributed by atoms with E-state index in [1.807, 2.05) is 35.9 Å². The minimum atomic E-state index is -0.503. The Bertz CT molecular complexity index is 808. The van der Waals surface area contributed by atoms with Crippen molar-refractivity contribution in [3.63, 3.8) is 0 Å². The predicted molar refractivity (Wildman–Crippen MR) is 79.2 cm³/mol. The second kappa shape index (κ2) is 5.28. The molecule has 0 aliphatic rings. The van der Waals surface area contributed by atoms with Gasteiger partial charge in [0.05, 0.1) is 11.3 Å². The minimum absolute atomic E-state index is 0.283. The van der Waals surface area contributed by atoms with E-state index in [1.54, 1.807) is 24.3 Å². The van der Waals surface area contributed by atoms with Crippen LogP contribution in [0.3, 0.4) is 0 Å². The molecule has 0 spiro atoms. The molecule has 0 aliphatic carbocycles. The second-order valence-electron chi connectivity index (χ2n) is 4.85. The number of aromatic nitrogens is 2. The van der Waals surface area contributed by atoms with Crippen LogP contribution in [0.25, 0.3) is 5.65 Å². The zero-order valence-electron chi connectivity index (χ0n) is 11.6. The van der Waals surface area contributed by atoms with Crippen LogP contribution in [0.2, 0.25) is 0 Å². The average Bonchev–Trinajstić information content (AvgIpc) is 2.87. The predicted octanol–water partition coefficient (Wildman–Crippen LogP) is 2.32. The highest BCUT2D eigenvalue weighted by Gasteiger charge is 2.09. The summed E-state index contributed by atoms with van der Waals surface area (Å²) in [4.78, 5) is 15.8. The molecule has 3 rings (SSSR count). The van der Waals surface area contributed by atoms with Crippen molar-refractivity contribution in [1.29, 1.82) is 0 Å². The van der Waals surface area contributed by atoms with Crippen LogP contribution in [0.15, 0.2) is 48.8 Å². The Kier molecular flexibility index (Phi) is 3.31. The number of para-hydroxylation sites is 1. The first-order valence-electron chi connectivity index (χ1n) is 6.59. The van der Waals surface area contributed by atoms with E-state index in [9.17, 15) is 4.79 Å². The number of nitrogens with two attached hydrogens (primary N) is 1. The fraction of sp³-hybridized carbons (Fsp3) is 0.125. The van der Waals surface area contributed by atoms with Crippen molar-refractivity contribution in [2.75, 3.05) is 0 Å². The number of pyridine rings is 1. The van der Waals surface area contributed by atoms with Gasteiger partial charge in [-0.3, -0.25) is 4.79 Å². The number of carbonyl (C=O) groups excluding carboxylic acids is 1. The van der Waals surface area contributed by atoms with Gasteiger partial charge in [0.15, 0.2) is 0 Å². The summed E-state index contributed by atoms with van der Waals surface area (Å²) in [5.41, 5.74) is 8.51. The maximum absolute atomic E-state index is 11.3. The van der Waals surface area contributed by atoms with Crippen molar-refractivity contribution in [1.82, 2.24) is 9.38 Å². The summed E-state index contributed by atoms with van der Waals surface area (Å²) in [6, 6.07) is 10.9. The van der Waals surface area contributed by atoms with E-state index in [2.05, 4.69) is 4.98 Å². The van der Waals surface area contributed by atoms with Gasteiger partial charge < -0.3 is 14.9 Å². The summed E-state index contributed by atoms with van der Waals surface area (Å²) < 4.78 is 7.62. The number of rotatable bonds is 4. The largest absolute Gasteiger partial charge is 0.486 e. The van der Waals surface area contributed by atoms with Crippen molar-refractivity contribution < 1.29 is 9.53 Å². The van der Waals surface area contributed by atoms with Crippen molar-refractivity contribution in [2.24, 2.45) is 5.73 Å². The summed E-state index contributed by atoms with van der Waals surface area (Å²) in [6.07, 6.45) is 3.92. The summed E-state index contributed by atoms with van der Waals surface area (Å²) in [5, 5.41) is 0. The highest BCUT2D eigenvalue weighted by atomic mass is 16.5. The monoisotopic (exact) mass is 281 g/mol. The van der Waals surface area contributed by atoms with Crippen LogP contribution < -0.4 is 10.5 Å². The van der Waals surface area contributed by atoms with Gasteiger partial charge in [0, 0.05) is 12.4 Å². The molecule has 21 heavy (non-hydrogen) atoms. The Morgan fingerprint density at radius 1 is 1.24 bits per heavy atom. The highest BCUT2D eigenvalue weighted by molar-refractivity contribution is 5.95. The molecular weight excluding hydrogens is 266 g/mol. The van der Waals surface area contributed by atoms with Crippen LogP contribution >= 0.6 is 0 Å². The average molecular weight is 281 g/mol. The molecule has 0 radical (unpaired) electrons. The Balaban J connectivity index is 1.82. The maximum Gasteiger partial charge on any atom is 0.252 e. The Morgan fingerprint density at radius 3 is 2.86 bits per heavy atom. The molecule has 3 aromatic rings. The van der Waals surface area contributed by atoms with Crippen molar-refractivity contribution in [2.45, 2.75) is 13.5 Å². The van der Waals surface area contributed by atoms with E-state index in [1.165, 1.54) is 0 Å². The highest BCUT2D eigenvalue weighted by Crippen LogP contribution is 2.18. The summed E-state index contributed by atoms with van der Waals surface area (Å²) in [7, 11) is 0. The molecule has 0 saturated heterocycles. The van der Waals surface area contributed by atoms with Gasteiger partial charge in [-0.2, -0.15) is 0 Å². The van der Waals surface area contributed by atoms with Gasteiger partial charge in [-0.1, -0.05) is 18.2 Å². The normalized spacial score (nSPS) is 10.7. The number of fused-ring (bicyclic) bond motifs is 1. The van der Waals surface area contributed by atoms with Crippen LogP contribution in [0.4, 0.5) is 0 Å². The van der Waals surface area contributed by atoms with E-state index in [0.29, 0.717) is 11.3 Å². The molecule has 0 aliphatic heterocycles. The first kappa shape index (κ1) is 13.2.